The van der Waals surface area contributed by atoms with E-state index in [2.05, 4.69) is 5.32 Å². The monoisotopic (exact) mass is 434 g/mol. The van der Waals surface area contributed by atoms with Gasteiger partial charge in [0, 0.05) is 5.56 Å². The minimum Gasteiger partial charge on any atom is -0.467 e. The van der Waals surface area contributed by atoms with Crippen LogP contribution in [0.2, 0.25) is 0 Å². The molecular formula is C23H18N2O7. The second kappa shape index (κ2) is 8.76. The Bertz CT molecular complexity index is 1200. The predicted octanol–water partition coefficient (Wildman–Crippen LogP) is 3.38. The zero-order chi connectivity index (χ0) is 22.7. The molecule has 0 saturated carbocycles. The molecule has 3 heterocycles. The third-order valence-electron chi connectivity index (χ3n) is 4.67. The minimum absolute atomic E-state index is 0.113. The number of rotatable bonds is 6. The second-order valence-corrected chi connectivity index (χ2v) is 6.79. The predicted molar refractivity (Wildman–Crippen MR) is 111 cm³/mol. The second-order valence-electron chi connectivity index (χ2n) is 6.79. The fourth-order valence-corrected chi connectivity index (χ4v) is 3.11. The summed E-state index contributed by atoms with van der Waals surface area (Å²) in [5, 5.41) is 2.14. The van der Waals surface area contributed by atoms with Crippen LogP contribution in [0.15, 0.2) is 69.2 Å². The van der Waals surface area contributed by atoms with Gasteiger partial charge in [0.05, 0.1) is 25.0 Å². The maximum atomic E-state index is 12.8. The van der Waals surface area contributed by atoms with Crippen LogP contribution in [-0.4, -0.2) is 35.3 Å². The Morgan fingerprint density at radius 1 is 1.09 bits per heavy atom. The molecular weight excluding hydrogens is 416 g/mol. The highest BCUT2D eigenvalue weighted by molar-refractivity contribution is 6.30. The number of benzene rings is 1. The number of carbonyl (C=O) groups excluding carboxylic acids is 4. The molecule has 4 amide bonds. The average molecular weight is 434 g/mol. The van der Waals surface area contributed by atoms with Crippen LogP contribution in [0, 0.1) is 0 Å². The summed E-state index contributed by atoms with van der Waals surface area (Å²) < 4.78 is 15.9. The van der Waals surface area contributed by atoms with Gasteiger partial charge in [-0.25, -0.2) is 9.59 Å². The van der Waals surface area contributed by atoms with Gasteiger partial charge < -0.3 is 13.6 Å². The first-order chi connectivity index (χ1) is 15.5. The number of esters is 1. The zero-order valence-electron chi connectivity index (χ0n) is 17.0. The van der Waals surface area contributed by atoms with Crippen molar-refractivity contribution >= 4 is 29.9 Å². The van der Waals surface area contributed by atoms with E-state index in [1.165, 1.54) is 12.3 Å². The zero-order valence-corrected chi connectivity index (χ0v) is 17.0. The van der Waals surface area contributed by atoms with Gasteiger partial charge in [-0.3, -0.25) is 19.8 Å². The van der Waals surface area contributed by atoms with Gasteiger partial charge in [-0.2, -0.15) is 0 Å². The van der Waals surface area contributed by atoms with Crippen molar-refractivity contribution < 1.29 is 32.7 Å². The molecule has 162 valence electrons. The van der Waals surface area contributed by atoms with Crippen LogP contribution in [0.4, 0.5) is 4.79 Å². The highest BCUT2D eigenvalue weighted by Gasteiger charge is 2.36. The number of barbiturate groups is 1. The van der Waals surface area contributed by atoms with Crippen molar-refractivity contribution in [3.8, 4) is 11.3 Å². The number of nitrogens with one attached hydrogen (secondary N) is 1. The molecule has 1 N–H and O–H groups in total. The van der Waals surface area contributed by atoms with Crippen molar-refractivity contribution in [1.29, 1.82) is 0 Å². The SMILES string of the molecule is CCOC(=O)c1ccc(-c2ccc(/C=C3\C(=O)NC(=O)N(Cc4ccco4)C3=O)o2)cc1. The number of hydrogen-bond acceptors (Lipinski definition) is 7. The van der Waals surface area contributed by atoms with Crippen molar-refractivity contribution in [2.75, 3.05) is 6.61 Å². The maximum absolute atomic E-state index is 12.8. The number of carbonyl (C=O) groups is 4. The van der Waals surface area contributed by atoms with E-state index in [0.29, 0.717) is 22.6 Å². The number of furan rings is 2. The number of imide groups is 2. The number of hydrogen-bond donors (Lipinski definition) is 1. The van der Waals surface area contributed by atoms with Crippen molar-refractivity contribution in [2.24, 2.45) is 0 Å². The van der Waals surface area contributed by atoms with Gasteiger partial charge >= 0.3 is 12.0 Å². The molecule has 9 heteroatoms. The normalized spacial score (nSPS) is 15.2. The summed E-state index contributed by atoms with van der Waals surface area (Å²) in [7, 11) is 0. The van der Waals surface area contributed by atoms with Crippen LogP contribution in [0.5, 0.6) is 0 Å². The van der Waals surface area contributed by atoms with E-state index in [9.17, 15) is 19.2 Å². The maximum Gasteiger partial charge on any atom is 0.338 e. The summed E-state index contributed by atoms with van der Waals surface area (Å²) in [6, 6.07) is 12.3. The smallest absolute Gasteiger partial charge is 0.338 e. The molecule has 9 nitrogen and oxygen atoms in total. The van der Waals surface area contributed by atoms with Crippen molar-refractivity contribution in [3.63, 3.8) is 0 Å². The first-order valence-corrected chi connectivity index (χ1v) is 9.75. The Labute approximate surface area is 182 Å². The third kappa shape index (κ3) is 4.22. The van der Waals surface area contributed by atoms with E-state index in [4.69, 9.17) is 13.6 Å². The molecule has 1 fully saturated rings. The van der Waals surface area contributed by atoms with E-state index in [1.807, 2.05) is 0 Å². The van der Waals surface area contributed by atoms with Gasteiger partial charge in [0.1, 0.15) is 22.9 Å². The Morgan fingerprint density at radius 2 is 1.88 bits per heavy atom. The van der Waals surface area contributed by atoms with Crippen LogP contribution >= 0.6 is 0 Å². The van der Waals surface area contributed by atoms with Gasteiger partial charge in [-0.05, 0) is 49.4 Å². The fourth-order valence-electron chi connectivity index (χ4n) is 3.11. The van der Waals surface area contributed by atoms with Crippen LogP contribution < -0.4 is 5.32 Å². The highest BCUT2D eigenvalue weighted by Crippen LogP contribution is 2.25. The van der Waals surface area contributed by atoms with Gasteiger partial charge in [0.25, 0.3) is 11.8 Å². The molecule has 0 radical (unpaired) electrons. The van der Waals surface area contributed by atoms with E-state index in [-0.39, 0.29) is 24.5 Å². The molecule has 32 heavy (non-hydrogen) atoms. The topological polar surface area (TPSA) is 119 Å². The van der Waals surface area contributed by atoms with Crippen LogP contribution in [0.1, 0.15) is 28.8 Å². The van der Waals surface area contributed by atoms with Gasteiger partial charge in [-0.15, -0.1) is 0 Å². The molecule has 1 aliphatic rings. The molecule has 0 aliphatic carbocycles. The lowest BCUT2D eigenvalue weighted by atomic mass is 10.1. The number of ether oxygens (including phenoxy) is 1. The molecule has 2 aromatic heterocycles. The third-order valence-corrected chi connectivity index (χ3v) is 4.67. The Balaban J connectivity index is 1.55. The quantitative estimate of drug-likeness (QED) is 0.359. The molecule has 0 atom stereocenters. The summed E-state index contributed by atoms with van der Waals surface area (Å²) >= 11 is 0. The van der Waals surface area contributed by atoms with E-state index < -0.39 is 23.8 Å². The summed E-state index contributed by atoms with van der Waals surface area (Å²) in [6.07, 6.45) is 2.70. The average Bonchev–Trinajstić information content (AvgIpc) is 3.47. The molecule has 0 bridgehead atoms. The molecule has 1 saturated heterocycles. The van der Waals surface area contributed by atoms with E-state index in [0.717, 1.165) is 4.90 Å². The van der Waals surface area contributed by atoms with Crippen LogP contribution in [0.25, 0.3) is 17.4 Å². The first-order valence-electron chi connectivity index (χ1n) is 9.75. The van der Waals surface area contributed by atoms with Crippen molar-refractivity contribution in [1.82, 2.24) is 10.2 Å². The summed E-state index contributed by atoms with van der Waals surface area (Å²) in [5.41, 5.74) is 0.863. The molecule has 3 aromatic rings. The minimum atomic E-state index is -0.824. The molecule has 0 unspecified atom stereocenters. The lowest BCUT2D eigenvalue weighted by Gasteiger charge is -2.25. The molecule has 0 spiro atoms. The molecule has 1 aliphatic heterocycles. The number of amides is 4. The summed E-state index contributed by atoms with van der Waals surface area (Å²) in [4.78, 5) is 49.7. The highest BCUT2D eigenvalue weighted by atomic mass is 16.5. The Morgan fingerprint density at radius 3 is 2.56 bits per heavy atom. The Kier molecular flexibility index (Phi) is 5.71. The summed E-state index contributed by atoms with van der Waals surface area (Å²) in [6.45, 7) is 1.90. The fraction of sp³-hybridized carbons (Fsp3) is 0.130. The lowest BCUT2D eigenvalue weighted by Crippen LogP contribution is -2.53. The summed E-state index contributed by atoms with van der Waals surface area (Å²) in [5.74, 6) is -0.868. The number of nitrogens with zero attached hydrogens (tertiary/aromatic N) is 1. The Hall–Kier alpha value is -4.40. The van der Waals surface area contributed by atoms with Crippen molar-refractivity contribution in [2.45, 2.75) is 13.5 Å². The van der Waals surface area contributed by atoms with Gasteiger partial charge in [0.15, 0.2) is 0 Å². The molecule has 4 rings (SSSR count). The first kappa shape index (κ1) is 20.9. The van der Waals surface area contributed by atoms with Crippen LogP contribution in [0.3, 0.4) is 0 Å². The molecule has 1 aromatic carbocycles. The van der Waals surface area contributed by atoms with Crippen molar-refractivity contribution in [3.05, 3.63) is 77.5 Å². The van der Waals surface area contributed by atoms with Crippen LogP contribution in [-0.2, 0) is 20.9 Å². The van der Waals surface area contributed by atoms with Gasteiger partial charge in [-0.1, -0.05) is 12.1 Å². The van der Waals surface area contributed by atoms with E-state index in [1.54, 1.807) is 55.5 Å². The standard InChI is InChI=1S/C23H18N2O7/c1-2-30-22(28)15-7-5-14(6-8-15)19-10-9-16(32-19)12-18-20(26)24-23(29)25(21(18)27)13-17-4-3-11-31-17/h3-12H,2,13H2,1H3,(H,24,26,29)/b18-12+. The lowest BCUT2D eigenvalue weighted by molar-refractivity contribution is -0.130. The van der Waals surface area contributed by atoms with E-state index >= 15 is 0 Å². The largest absolute Gasteiger partial charge is 0.467 e. The number of urea groups is 1. The van der Waals surface area contributed by atoms with Gasteiger partial charge in [0.2, 0.25) is 0 Å².